The molecule has 0 aromatic carbocycles. The van der Waals surface area contributed by atoms with Crippen molar-refractivity contribution in [3.63, 3.8) is 0 Å². The summed E-state index contributed by atoms with van der Waals surface area (Å²) < 4.78 is 27.0. The maximum Gasteiger partial charge on any atom is 0.281 e. The summed E-state index contributed by atoms with van der Waals surface area (Å²) in [5.41, 5.74) is 1.57. The Hall–Kier alpha value is -1.84. The van der Waals surface area contributed by atoms with Crippen LogP contribution < -0.4 is 0 Å². The standard InChI is InChI=1S/C14H20N6O2S/c1-19(2)23(21,22)20-6-3-11(10-20)7-12-8-18-13(9-17-12)14-15-4-5-16-14/h4-5,8-9,11H,3,6-7,10H2,1-2H3,(H,15,16)/t11-/m1/s1. The van der Waals surface area contributed by atoms with Gasteiger partial charge in [0, 0.05) is 45.8 Å². The average molecular weight is 336 g/mol. The molecule has 2 aromatic heterocycles. The maximum atomic E-state index is 12.1. The number of hydrogen-bond donors (Lipinski definition) is 1. The minimum absolute atomic E-state index is 0.272. The third kappa shape index (κ3) is 3.41. The SMILES string of the molecule is CN(C)S(=O)(=O)N1CC[C@H](Cc2cnc(-c3ncc[nH]3)cn2)C1. The normalized spacial score (nSPS) is 19.5. The first kappa shape index (κ1) is 16.0. The highest BCUT2D eigenvalue weighted by Crippen LogP contribution is 2.23. The molecule has 1 N–H and O–H groups in total. The summed E-state index contributed by atoms with van der Waals surface area (Å²) in [5.74, 6) is 0.960. The van der Waals surface area contributed by atoms with Gasteiger partial charge in [0.05, 0.1) is 11.9 Å². The number of imidazole rings is 1. The highest BCUT2D eigenvalue weighted by molar-refractivity contribution is 7.86. The Balaban J connectivity index is 1.63. The van der Waals surface area contributed by atoms with E-state index in [4.69, 9.17) is 0 Å². The summed E-state index contributed by atoms with van der Waals surface area (Å²) in [5, 5.41) is 0. The number of aromatic nitrogens is 4. The molecular weight excluding hydrogens is 316 g/mol. The Labute approximate surface area is 135 Å². The molecule has 1 saturated heterocycles. The van der Waals surface area contributed by atoms with Crippen LogP contribution in [0.3, 0.4) is 0 Å². The third-order valence-electron chi connectivity index (χ3n) is 3.98. The van der Waals surface area contributed by atoms with E-state index in [1.165, 1.54) is 8.61 Å². The zero-order valence-electron chi connectivity index (χ0n) is 13.2. The lowest BCUT2D eigenvalue weighted by Gasteiger charge is -2.20. The van der Waals surface area contributed by atoms with Crippen LogP contribution in [0.4, 0.5) is 0 Å². The second kappa shape index (κ2) is 6.34. The molecule has 1 atom stereocenters. The Morgan fingerprint density at radius 3 is 2.74 bits per heavy atom. The van der Waals surface area contributed by atoms with Crippen molar-refractivity contribution < 1.29 is 8.42 Å². The number of H-pyrrole nitrogens is 1. The van der Waals surface area contributed by atoms with Gasteiger partial charge in [0.25, 0.3) is 10.2 Å². The molecule has 8 nitrogen and oxygen atoms in total. The van der Waals surface area contributed by atoms with Crippen molar-refractivity contribution in [2.45, 2.75) is 12.8 Å². The van der Waals surface area contributed by atoms with Gasteiger partial charge in [-0.05, 0) is 18.8 Å². The minimum Gasteiger partial charge on any atom is -0.343 e. The Bertz CT molecular complexity index is 742. The number of nitrogens with one attached hydrogen (secondary N) is 1. The molecule has 2 aromatic rings. The van der Waals surface area contributed by atoms with E-state index in [1.54, 1.807) is 38.9 Å². The van der Waals surface area contributed by atoms with Crippen molar-refractivity contribution in [3.8, 4) is 11.5 Å². The number of aromatic amines is 1. The average Bonchev–Trinajstić information content (AvgIpc) is 3.19. The molecule has 0 spiro atoms. The van der Waals surface area contributed by atoms with Crippen molar-refractivity contribution >= 4 is 10.2 Å². The molecule has 3 rings (SSSR count). The molecule has 0 radical (unpaired) electrons. The Morgan fingerprint density at radius 1 is 1.30 bits per heavy atom. The fourth-order valence-corrected chi connectivity index (χ4v) is 3.89. The van der Waals surface area contributed by atoms with Crippen LogP contribution in [0.1, 0.15) is 12.1 Å². The van der Waals surface area contributed by atoms with E-state index in [-0.39, 0.29) is 5.92 Å². The predicted octanol–water partition coefficient (Wildman–Crippen LogP) is 0.537. The number of rotatable bonds is 5. The van der Waals surface area contributed by atoms with Gasteiger partial charge in [0.2, 0.25) is 0 Å². The van der Waals surface area contributed by atoms with Crippen molar-refractivity contribution in [1.82, 2.24) is 28.5 Å². The minimum atomic E-state index is -3.32. The lowest BCUT2D eigenvalue weighted by Crippen LogP contribution is -2.38. The summed E-state index contributed by atoms with van der Waals surface area (Å²) in [4.78, 5) is 15.9. The van der Waals surface area contributed by atoms with E-state index < -0.39 is 10.2 Å². The fourth-order valence-electron chi connectivity index (χ4n) is 2.69. The number of nitrogens with zero attached hydrogens (tertiary/aromatic N) is 5. The molecular formula is C14H20N6O2S. The van der Waals surface area contributed by atoms with Gasteiger partial charge < -0.3 is 4.98 Å². The lowest BCUT2D eigenvalue weighted by molar-refractivity contribution is 0.409. The molecule has 0 saturated carbocycles. The van der Waals surface area contributed by atoms with Crippen LogP contribution in [-0.4, -0.2) is 64.1 Å². The van der Waals surface area contributed by atoms with E-state index >= 15 is 0 Å². The van der Waals surface area contributed by atoms with Crippen LogP contribution in [0.25, 0.3) is 11.5 Å². The summed E-state index contributed by atoms with van der Waals surface area (Å²) in [6, 6.07) is 0. The molecule has 1 aliphatic heterocycles. The summed E-state index contributed by atoms with van der Waals surface area (Å²) in [6.45, 7) is 1.09. The second-order valence-corrected chi connectivity index (χ2v) is 7.98. The van der Waals surface area contributed by atoms with Crippen LogP contribution in [-0.2, 0) is 16.6 Å². The van der Waals surface area contributed by atoms with Crippen molar-refractivity contribution in [1.29, 1.82) is 0 Å². The van der Waals surface area contributed by atoms with Gasteiger partial charge in [-0.1, -0.05) is 0 Å². The van der Waals surface area contributed by atoms with Crippen LogP contribution in [0.5, 0.6) is 0 Å². The summed E-state index contributed by atoms with van der Waals surface area (Å²) in [6.07, 6.45) is 8.41. The Kier molecular flexibility index (Phi) is 4.42. The van der Waals surface area contributed by atoms with Crippen molar-refractivity contribution in [2.75, 3.05) is 27.2 Å². The molecule has 1 aliphatic rings. The third-order valence-corrected chi connectivity index (χ3v) is 5.89. The monoisotopic (exact) mass is 336 g/mol. The first-order valence-electron chi connectivity index (χ1n) is 7.45. The van der Waals surface area contributed by atoms with E-state index in [0.29, 0.717) is 24.6 Å². The van der Waals surface area contributed by atoms with E-state index in [9.17, 15) is 8.42 Å². The zero-order chi connectivity index (χ0) is 16.4. The topological polar surface area (TPSA) is 95.1 Å². The Morgan fingerprint density at radius 2 is 2.13 bits per heavy atom. The molecule has 0 amide bonds. The first-order chi connectivity index (χ1) is 11.0. The highest BCUT2D eigenvalue weighted by Gasteiger charge is 2.32. The van der Waals surface area contributed by atoms with Crippen LogP contribution in [0.15, 0.2) is 24.8 Å². The van der Waals surface area contributed by atoms with Gasteiger partial charge in [-0.15, -0.1) is 0 Å². The first-order valence-corrected chi connectivity index (χ1v) is 8.85. The summed E-state index contributed by atoms with van der Waals surface area (Å²) in [7, 11) is -0.206. The zero-order valence-corrected chi connectivity index (χ0v) is 14.0. The van der Waals surface area contributed by atoms with Gasteiger partial charge in [0.15, 0.2) is 5.82 Å². The highest BCUT2D eigenvalue weighted by atomic mass is 32.2. The molecule has 23 heavy (non-hydrogen) atoms. The van der Waals surface area contributed by atoms with E-state index in [2.05, 4.69) is 19.9 Å². The summed E-state index contributed by atoms with van der Waals surface area (Å²) >= 11 is 0. The largest absolute Gasteiger partial charge is 0.343 e. The quantitative estimate of drug-likeness (QED) is 0.860. The van der Waals surface area contributed by atoms with Crippen molar-refractivity contribution in [2.24, 2.45) is 5.92 Å². The van der Waals surface area contributed by atoms with Crippen molar-refractivity contribution in [3.05, 3.63) is 30.5 Å². The van der Waals surface area contributed by atoms with Gasteiger partial charge in [-0.3, -0.25) is 4.98 Å². The molecule has 3 heterocycles. The number of hydrogen-bond acceptors (Lipinski definition) is 5. The van der Waals surface area contributed by atoms with E-state index in [0.717, 1.165) is 18.5 Å². The molecule has 0 unspecified atom stereocenters. The van der Waals surface area contributed by atoms with Gasteiger partial charge in [0.1, 0.15) is 5.69 Å². The van der Waals surface area contributed by atoms with Crippen LogP contribution >= 0.6 is 0 Å². The smallest absolute Gasteiger partial charge is 0.281 e. The molecule has 0 aliphatic carbocycles. The molecule has 0 bridgehead atoms. The lowest BCUT2D eigenvalue weighted by atomic mass is 10.0. The van der Waals surface area contributed by atoms with Gasteiger partial charge >= 0.3 is 0 Å². The molecule has 124 valence electrons. The molecule has 1 fully saturated rings. The maximum absolute atomic E-state index is 12.1. The van der Waals surface area contributed by atoms with E-state index in [1.807, 2.05) is 0 Å². The predicted molar refractivity (Wildman–Crippen MR) is 85.6 cm³/mol. The van der Waals surface area contributed by atoms with Gasteiger partial charge in [-0.2, -0.15) is 17.0 Å². The molecule has 9 heteroatoms. The second-order valence-electron chi connectivity index (χ2n) is 5.84. The van der Waals surface area contributed by atoms with Crippen LogP contribution in [0.2, 0.25) is 0 Å². The fraction of sp³-hybridized carbons (Fsp3) is 0.500. The van der Waals surface area contributed by atoms with Gasteiger partial charge in [-0.25, -0.2) is 9.97 Å². The van der Waals surface area contributed by atoms with Crippen LogP contribution in [0, 0.1) is 5.92 Å².